The maximum atomic E-state index is 13.1. The fourth-order valence-electron chi connectivity index (χ4n) is 5.58. The molecule has 5 nitrogen and oxygen atoms in total. The number of aryl methyl sites for hydroxylation is 1. The Morgan fingerprint density at radius 2 is 1.79 bits per heavy atom. The van der Waals surface area contributed by atoms with Crippen LogP contribution >= 0.6 is 0 Å². The largest absolute Gasteiger partial charge is 0.311 e. The number of hydrogen-bond acceptors (Lipinski definition) is 3. The molecule has 2 aliphatic carbocycles. The summed E-state index contributed by atoms with van der Waals surface area (Å²) in [6.07, 6.45) is 6.93. The normalized spacial score (nSPS) is 30.4. The second kappa shape index (κ2) is 6.29. The molecule has 3 amide bonds. The molecule has 2 bridgehead atoms. The van der Waals surface area contributed by atoms with E-state index >= 15 is 0 Å². The number of likely N-dealkylation sites (tertiary alicyclic amines) is 1. The van der Waals surface area contributed by atoms with Crippen molar-refractivity contribution in [2.45, 2.75) is 39.0 Å². The fraction of sp³-hybridized carbons (Fsp3) is 0.522. The van der Waals surface area contributed by atoms with Gasteiger partial charge in [0.15, 0.2) is 0 Å². The van der Waals surface area contributed by atoms with E-state index in [1.54, 1.807) is 4.90 Å². The molecule has 1 aromatic rings. The minimum atomic E-state index is -0.238. The summed E-state index contributed by atoms with van der Waals surface area (Å²) < 4.78 is 0. The van der Waals surface area contributed by atoms with Crippen molar-refractivity contribution < 1.29 is 14.4 Å². The van der Waals surface area contributed by atoms with Gasteiger partial charge in [-0.1, -0.05) is 38.1 Å². The van der Waals surface area contributed by atoms with Crippen LogP contribution in [0.25, 0.3) is 0 Å². The number of amides is 3. The van der Waals surface area contributed by atoms with E-state index in [9.17, 15) is 14.4 Å². The van der Waals surface area contributed by atoms with E-state index in [0.29, 0.717) is 12.5 Å². The first-order valence-corrected chi connectivity index (χ1v) is 10.4. The summed E-state index contributed by atoms with van der Waals surface area (Å²) in [7, 11) is 0. The Balaban J connectivity index is 1.36. The summed E-state index contributed by atoms with van der Waals surface area (Å²) in [6.45, 7) is 4.84. The molecule has 2 aliphatic heterocycles. The molecular formula is C23H26N2O3. The van der Waals surface area contributed by atoms with E-state index < -0.39 is 0 Å². The SMILES string of the molecule is CC(C)c1ccc2c(c1)CCCN2C(=O)CN1C(=O)[C@@H]2[C@@H](C1=O)[C@H]1C=C[C@H]2C1. The average Bonchev–Trinajstić information content (AvgIpc) is 3.37. The zero-order valence-corrected chi connectivity index (χ0v) is 16.4. The van der Waals surface area contributed by atoms with Gasteiger partial charge in [-0.3, -0.25) is 19.3 Å². The van der Waals surface area contributed by atoms with Crippen molar-refractivity contribution in [2.24, 2.45) is 23.7 Å². The van der Waals surface area contributed by atoms with Crippen molar-refractivity contribution in [3.05, 3.63) is 41.5 Å². The minimum absolute atomic E-state index is 0.129. The third-order valence-corrected chi connectivity index (χ3v) is 7.04. The molecule has 1 aromatic carbocycles. The van der Waals surface area contributed by atoms with Crippen molar-refractivity contribution >= 4 is 23.4 Å². The van der Waals surface area contributed by atoms with E-state index in [4.69, 9.17) is 0 Å². The maximum absolute atomic E-state index is 13.1. The van der Waals surface area contributed by atoms with Crippen LogP contribution in [0.2, 0.25) is 0 Å². The highest BCUT2D eigenvalue weighted by atomic mass is 16.2. The van der Waals surface area contributed by atoms with Crippen LogP contribution in [0.15, 0.2) is 30.4 Å². The average molecular weight is 378 g/mol. The first-order valence-electron chi connectivity index (χ1n) is 10.4. The van der Waals surface area contributed by atoms with Crippen LogP contribution in [0.3, 0.4) is 0 Å². The predicted octanol–water partition coefficient (Wildman–Crippen LogP) is 2.90. The number of carbonyl (C=O) groups is 3. The van der Waals surface area contributed by atoms with Crippen molar-refractivity contribution in [2.75, 3.05) is 18.0 Å². The number of imide groups is 1. The van der Waals surface area contributed by atoms with E-state index in [0.717, 1.165) is 24.9 Å². The Hall–Kier alpha value is -2.43. The van der Waals surface area contributed by atoms with E-state index in [-0.39, 0.29) is 47.9 Å². The highest BCUT2D eigenvalue weighted by molar-refractivity contribution is 6.10. The molecule has 5 rings (SSSR count). The van der Waals surface area contributed by atoms with Crippen molar-refractivity contribution in [1.29, 1.82) is 0 Å². The molecule has 28 heavy (non-hydrogen) atoms. The summed E-state index contributed by atoms with van der Waals surface area (Å²) in [5.41, 5.74) is 3.39. The van der Waals surface area contributed by atoms with Crippen LogP contribution in [0.4, 0.5) is 5.69 Å². The van der Waals surface area contributed by atoms with E-state index in [2.05, 4.69) is 38.1 Å². The van der Waals surface area contributed by atoms with Crippen molar-refractivity contribution in [3.8, 4) is 0 Å². The minimum Gasteiger partial charge on any atom is -0.311 e. The van der Waals surface area contributed by atoms with Gasteiger partial charge < -0.3 is 4.90 Å². The number of fused-ring (bicyclic) bond motifs is 6. The summed E-state index contributed by atoms with van der Waals surface area (Å²) in [4.78, 5) is 41.8. The number of benzene rings is 1. The molecule has 0 spiro atoms. The van der Waals surface area contributed by atoms with Gasteiger partial charge in [-0.05, 0) is 54.2 Å². The summed E-state index contributed by atoms with van der Waals surface area (Å²) >= 11 is 0. The number of allylic oxidation sites excluding steroid dienone is 2. The number of nitrogens with zero attached hydrogens (tertiary/aromatic N) is 2. The van der Waals surface area contributed by atoms with E-state index in [1.165, 1.54) is 16.0 Å². The van der Waals surface area contributed by atoms with Gasteiger partial charge in [0.1, 0.15) is 6.54 Å². The van der Waals surface area contributed by atoms with Gasteiger partial charge in [0.25, 0.3) is 0 Å². The Bertz CT molecular complexity index is 873. The molecule has 1 saturated carbocycles. The zero-order chi connectivity index (χ0) is 19.6. The van der Waals surface area contributed by atoms with E-state index in [1.807, 2.05) is 6.07 Å². The fourth-order valence-corrected chi connectivity index (χ4v) is 5.58. The molecule has 0 aromatic heterocycles. The van der Waals surface area contributed by atoms with Gasteiger partial charge in [-0.25, -0.2) is 0 Å². The number of anilines is 1. The Labute approximate surface area is 165 Å². The summed E-state index contributed by atoms with van der Waals surface area (Å²) in [5, 5.41) is 0. The Morgan fingerprint density at radius 3 is 2.43 bits per heavy atom. The molecule has 2 fully saturated rings. The topological polar surface area (TPSA) is 57.7 Å². The monoisotopic (exact) mass is 378 g/mol. The molecule has 0 radical (unpaired) electrons. The van der Waals surface area contributed by atoms with Gasteiger partial charge in [0, 0.05) is 12.2 Å². The second-order valence-corrected chi connectivity index (χ2v) is 8.95. The molecule has 0 N–H and O–H groups in total. The first-order chi connectivity index (χ1) is 13.5. The number of rotatable bonds is 3. The van der Waals surface area contributed by atoms with Crippen LogP contribution in [0.1, 0.15) is 43.7 Å². The third-order valence-electron chi connectivity index (χ3n) is 7.04. The third kappa shape index (κ3) is 2.48. The van der Waals surface area contributed by atoms with Crippen LogP contribution in [-0.4, -0.2) is 35.7 Å². The zero-order valence-electron chi connectivity index (χ0n) is 16.4. The molecule has 5 heteroatoms. The summed E-state index contributed by atoms with van der Waals surface area (Å²) in [5.74, 6) is -0.122. The van der Waals surface area contributed by atoms with Gasteiger partial charge in [-0.15, -0.1) is 0 Å². The van der Waals surface area contributed by atoms with Gasteiger partial charge in [0.2, 0.25) is 17.7 Å². The molecule has 146 valence electrons. The first kappa shape index (κ1) is 17.7. The van der Waals surface area contributed by atoms with Gasteiger partial charge >= 0.3 is 0 Å². The highest BCUT2D eigenvalue weighted by Gasteiger charge is 2.59. The Morgan fingerprint density at radius 1 is 1.11 bits per heavy atom. The van der Waals surface area contributed by atoms with Gasteiger partial charge in [-0.2, -0.15) is 0 Å². The maximum Gasteiger partial charge on any atom is 0.247 e. The number of carbonyl (C=O) groups excluding carboxylic acids is 3. The quantitative estimate of drug-likeness (QED) is 0.600. The molecule has 0 unspecified atom stereocenters. The van der Waals surface area contributed by atoms with Gasteiger partial charge in [0.05, 0.1) is 11.8 Å². The lowest BCUT2D eigenvalue weighted by atomic mass is 9.85. The van der Waals surface area contributed by atoms with Crippen molar-refractivity contribution in [3.63, 3.8) is 0 Å². The lowest BCUT2D eigenvalue weighted by molar-refractivity contribution is -0.143. The smallest absolute Gasteiger partial charge is 0.247 e. The highest BCUT2D eigenvalue weighted by Crippen LogP contribution is 2.52. The molecule has 1 saturated heterocycles. The van der Waals surface area contributed by atoms with Crippen molar-refractivity contribution in [1.82, 2.24) is 4.90 Å². The lowest BCUT2D eigenvalue weighted by Gasteiger charge is -2.31. The van der Waals surface area contributed by atoms with Crippen LogP contribution in [0, 0.1) is 23.7 Å². The van der Waals surface area contributed by atoms with Crippen LogP contribution < -0.4 is 4.90 Å². The number of hydrogen-bond donors (Lipinski definition) is 0. The van der Waals surface area contributed by atoms with Crippen LogP contribution in [0.5, 0.6) is 0 Å². The molecule has 4 aliphatic rings. The standard InChI is InChI=1S/C23H26N2O3/c1-13(2)14-7-8-18-15(10-14)4-3-9-24(18)19(26)12-25-22(27)20-16-5-6-17(11-16)21(20)23(25)28/h5-8,10,13,16-17,20-21H,3-4,9,11-12H2,1-2H3/t16-,17-,20-,21-/m0/s1. The molecule has 2 heterocycles. The lowest BCUT2D eigenvalue weighted by Crippen LogP contribution is -2.45. The Kier molecular flexibility index (Phi) is 3.97. The van der Waals surface area contributed by atoms with Crippen LogP contribution in [-0.2, 0) is 20.8 Å². The second-order valence-electron chi connectivity index (χ2n) is 8.95. The summed E-state index contributed by atoms with van der Waals surface area (Å²) in [6, 6.07) is 6.29. The molecular weight excluding hydrogens is 352 g/mol. The molecule has 4 atom stereocenters. The predicted molar refractivity (Wildman–Crippen MR) is 106 cm³/mol.